The maximum atomic E-state index is 13.2. The Morgan fingerprint density at radius 1 is 0.938 bits per heavy atom. The van der Waals surface area contributed by atoms with Crippen molar-refractivity contribution in [3.05, 3.63) is 94.9 Å². The molecule has 1 aliphatic heterocycles. The third-order valence-electron chi connectivity index (χ3n) is 6.23. The quantitative estimate of drug-likeness (QED) is 0.484. The van der Waals surface area contributed by atoms with Gasteiger partial charge >= 0.3 is 0 Å². The molecule has 6 heteroatoms. The molecule has 0 N–H and O–H groups in total. The molecule has 3 heterocycles. The summed E-state index contributed by atoms with van der Waals surface area (Å²) in [4.78, 5) is 17.1. The fourth-order valence-corrected chi connectivity index (χ4v) is 4.21. The molecule has 1 amide bonds. The van der Waals surface area contributed by atoms with Gasteiger partial charge in [0.2, 0.25) is 0 Å². The zero-order valence-electron chi connectivity index (χ0n) is 18.9. The van der Waals surface area contributed by atoms with E-state index in [1.54, 1.807) is 0 Å². The first-order valence-electron chi connectivity index (χ1n) is 10.8. The van der Waals surface area contributed by atoms with Crippen LogP contribution in [0.15, 0.2) is 67.0 Å². The second-order valence-electron chi connectivity index (χ2n) is 8.62. The van der Waals surface area contributed by atoms with E-state index in [4.69, 9.17) is 5.10 Å². The second-order valence-corrected chi connectivity index (χ2v) is 8.62. The topological polar surface area (TPSA) is 46.3 Å². The molecule has 0 aliphatic carbocycles. The van der Waals surface area contributed by atoms with Crippen LogP contribution in [-0.2, 0) is 13.1 Å². The number of aryl methyl sites for hydroxylation is 2. The van der Waals surface area contributed by atoms with Crippen LogP contribution in [0, 0.1) is 13.8 Å². The standard InChI is InChI=1S/C26H27N5O/c1-18-7-10-22(15-19(18)2)31-25(29-13-5-6-14-29)23-16-30(17-24(23)27-31)26(32)20-8-11-21(12-9-20)28(3)4/h5-15H,16-17H2,1-4H3. The molecule has 0 saturated carbocycles. The Kier molecular flexibility index (Phi) is 4.85. The zero-order chi connectivity index (χ0) is 22.4. The summed E-state index contributed by atoms with van der Waals surface area (Å²) in [6.07, 6.45) is 4.05. The largest absolute Gasteiger partial charge is 0.378 e. The number of hydrogen-bond acceptors (Lipinski definition) is 3. The number of carbonyl (C=O) groups excluding carboxylic acids is 1. The van der Waals surface area contributed by atoms with Crippen LogP contribution in [0.1, 0.15) is 32.7 Å². The molecule has 6 nitrogen and oxygen atoms in total. The SMILES string of the molecule is Cc1ccc(-n2nc3c(c2-n2cccc2)CN(C(=O)c2ccc(N(C)C)cc2)C3)cc1C. The van der Waals surface area contributed by atoms with Crippen molar-refractivity contribution < 1.29 is 4.79 Å². The third-order valence-corrected chi connectivity index (χ3v) is 6.23. The van der Waals surface area contributed by atoms with Gasteiger partial charge in [-0.15, -0.1) is 0 Å². The first-order chi connectivity index (χ1) is 15.4. The summed E-state index contributed by atoms with van der Waals surface area (Å²) in [7, 11) is 3.99. The van der Waals surface area contributed by atoms with Crippen LogP contribution in [-0.4, -0.2) is 39.3 Å². The van der Waals surface area contributed by atoms with Gasteiger partial charge in [0.15, 0.2) is 0 Å². The Bertz CT molecular complexity index is 1280. The number of carbonyl (C=O) groups is 1. The van der Waals surface area contributed by atoms with Crippen molar-refractivity contribution in [2.75, 3.05) is 19.0 Å². The van der Waals surface area contributed by atoms with Crippen molar-refractivity contribution in [2.24, 2.45) is 0 Å². The molecule has 4 aromatic rings. The molecule has 32 heavy (non-hydrogen) atoms. The zero-order valence-corrected chi connectivity index (χ0v) is 18.9. The number of nitrogens with zero attached hydrogens (tertiary/aromatic N) is 5. The second kappa shape index (κ2) is 7.71. The fourth-order valence-electron chi connectivity index (χ4n) is 4.21. The molecule has 0 spiro atoms. The molecule has 0 saturated heterocycles. The van der Waals surface area contributed by atoms with E-state index < -0.39 is 0 Å². The first kappa shape index (κ1) is 20.1. The van der Waals surface area contributed by atoms with E-state index in [9.17, 15) is 4.79 Å². The van der Waals surface area contributed by atoms with Crippen LogP contribution in [0.3, 0.4) is 0 Å². The summed E-state index contributed by atoms with van der Waals surface area (Å²) in [6.45, 7) is 5.29. The lowest BCUT2D eigenvalue weighted by atomic mass is 10.1. The van der Waals surface area contributed by atoms with E-state index in [1.165, 1.54) is 11.1 Å². The summed E-state index contributed by atoms with van der Waals surface area (Å²) >= 11 is 0. The van der Waals surface area contributed by atoms with Crippen LogP contribution >= 0.6 is 0 Å². The summed E-state index contributed by atoms with van der Waals surface area (Å²) < 4.78 is 4.09. The Morgan fingerprint density at radius 2 is 1.66 bits per heavy atom. The highest BCUT2D eigenvalue weighted by molar-refractivity contribution is 5.95. The van der Waals surface area contributed by atoms with Crippen molar-refractivity contribution in [3.63, 3.8) is 0 Å². The number of fused-ring (bicyclic) bond motifs is 1. The van der Waals surface area contributed by atoms with Gasteiger partial charge in [-0.05, 0) is 73.5 Å². The molecule has 0 radical (unpaired) electrons. The minimum atomic E-state index is 0.0319. The first-order valence-corrected chi connectivity index (χ1v) is 10.8. The molecule has 0 fully saturated rings. The van der Waals surface area contributed by atoms with E-state index in [1.807, 2.05) is 77.4 Å². The predicted molar refractivity (Wildman–Crippen MR) is 127 cm³/mol. The number of hydrogen-bond donors (Lipinski definition) is 0. The molecule has 162 valence electrons. The van der Waals surface area contributed by atoms with E-state index in [0.717, 1.165) is 28.5 Å². The van der Waals surface area contributed by atoms with Crippen molar-refractivity contribution in [3.8, 4) is 11.5 Å². The summed E-state index contributed by atoms with van der Waals surface area (Å²) in [5, 5.41) is 4.95. The number of benzene rings is 2. The Hall–Kier alpha value is -3.80. The van der Waals surface area contributed by atoms with Gasteiger partial charge in [0.05, 0.1) is 24.5 Å². The Labute approximate surface area is 188 Å². The maximum Gasteiger partial charge on any atom is 0.254 e. The molecule has 0 atom stereocenters. The maximum absolute atomic E-state index is 13.2. The normalized spacial score (nSPS) is 12.8. The average molecular weight is 426 g/mol. The number of amides is 1. The van der Waals surface area contributed by atoms with Crippen LogP contribution < -0.4 is 4.90 Å². The Morgan fingerprint density at radius 3 is 2.31 bits per heavy atom. The van der Waals surface area contributed by atoms with E-state index in [-0.39, 0.29) is 5.91 Å². The number of anilines is 1. The Balaban J connectivity index is 1.50. The molecular weight excluding hydrogens is 398 g/mol. The van der Waals surface area contributed by atoms with Crippen molar-refractivity contribution in [1.82, 2.24) is 19.2 Å². The summed E-state index contributed by atoms with van der Waals surface area (Å²) in [5.41, 5.74) is 7.34. The lowest BCUT2D eigenvalue weighted by Crippen LogP contribution is -2.26. The molecule has 2 aromatic carbocycles. The van der Waals surface area contributed by atoms with Gasteiger partial charge in [0, 0.05) is 43.3 Å². The minimum absolute atomic E-state index is 0.0319. The van der Waals surface area contributed by atoms with E-state index >= 15 is 0 Å². The van der Waals surface area contributed by atoms with Crippen molar-refractivity contribution in [1.29, 1.82) is 0 Å². The average Bonchev–Trinajstić information content (AvgIpc) is 3.51. The highest BCUT2D eigenvalue weighted by Gasteiger charge is 2.32. The monoisotopic (exact) mass is 425 g/mol. The van der Waals surface area contributed by atoms with Gasteiger partial charge in [-0.3, -0.25) is 4.79 Å². The van der Waals surface area contributed by atoms with Crippen LogP contribution in [0.2, 0.25) is 0 Å². The highest BCUT2D eigenvalue weighted by atomic mass is 16.2. The molecule has 0 unspecified atom stereocenters. The van der Waals surface area contributed by atoms with Crippen LogP contribution in [0.25, 0.3) is 11.5 Å². The minimum Gasteiger partial charge on any atom is -0.378 e. The molecular formula is C26H27N5O. The summed E-state index contributed by atoms with van der Waals surface area (Å²) in [5.74, 6) is 1.02. The fraction of sp³-hybridized carbons (Fsp3) is 0.231. The predicted octanol–water partition coefficient (Wildman–Crippen LogP) is 4.50. The van der Waals surface area contributed by atoms with Crippen molar-refractivity contribution in [2.45, 2.75) is 26.9 Å². The van der Waals surface area contributed by atoms with E-state index in [2.05, 4.69) is 36.6 Å². The third kappa shape index (κ3) is 3.38. The van der Waals surface area contributed by atoms with Gasteiger partial charge in [-0.25, -0.2) is 4.68 Å². The summed E-state index contributed by atoms with van der Waals surface area (Å²) in [6, 6.07) is 18.2. The van der Waals surface area contributed by atoms with Crippen LogP contribution in [0.4, 0.5) is 5.69 Å². The number of aromatic nitrogens is 3. The van der Waals surface area contributed by atoms with Gasteiger partial charge in [-0.1, -0.05) is 6.07 Å². The molecule has 5 rings (SSSR count). The smallest absolute Gasteiger partial charge is 0.254 e. The van der Waals surface area contributed by atoms with E-state index in [0.29, 0.717) is 18.7 Å². The van der Waals surface area contributed by atoms with Gasteiger partial charge in [0.25, 0.3) is 5.91 Å². The van der Waals surface area contributed by atoms with Gasteiger partial charge in [0.1, 0.15) is 5.82 Å². The number of rotatable bonds is 4. The lowest BCUT2D eigenvalue weighted by molar-refractivity contribution is 0.0749. The van der Waals surface area contributed by atoms with Crippen LogP contribution in [0.5, 0.6) is 0 Å². The lowest BCUT2D eigenvalue weighted by Gasteiger charge is -2.19. The van der Waals surface area contributed by atoms with Gasteiger partial charge in [-0.2, -0.15) is 5.10 Å². The molecule has 1 aliphatic rings. The molecule has 2 aromatic heterocycles. The van der Waals surface area contributed by atoms with Crippen molar-refractivity contribution >= 4 is 11.6 Å². The van der Waals surface area contributed by atoms with Gasteiger partial charge < -0.3 is 14.4 Å². The molecule has 0 bridgehead atoms. The highest BCUT2D eigenvalue weighted by Crippen LogP contribution is 2.32.